The van der Waals surface area contributed by atoms with Gasteiger partial charge in [0.25, 0.3) is 0 Å². The van der Waals surface area contributed by atoms with Crippen molar-refractivity contribution in [2.75, 3.05) is 0 Å². The van der Waals surface area contributed by atoms with Crippen LogP contribution in [0.25, 0.3) is 33.9 Å². The van der Waals surface area contributed by atoms with E-state index in [9.17, 15) is 4.79 Å². The normalized spacial score (nSPS) is 11.0. The molecule has 0 spiro atoms. The molecule has 0 radical (unpaired) electrons. The third kappa shape index (κ3) is 2.87. The summed E-state index contributed by atoms with van der Waals surface area (Å²) in [7, 11) is 0. The topological polar surface area (TPSA) is 84.7 Å². The fourth-order valence-corrected chi connectivity index (χ4v) is 3.11. The highest BCUT2D eigenvalue weighted by Crippen LogP contribution is 2.25. The Morgan fingerprint density at radius 3 is 2.39 bits per heavy atom. The molecule has 0 atom stereocenters. The highest BCUT2D eigenvalue weighted by Gasteiger charge is 2.12. The van der Waals surface area contributed by atoms with Gasteiger partial charge in [0.2, 0.25) is 12.3 Å². The molecule has 0 aliphatic heterocycles. The summed E-state index contributed by atoms with van der Waals surface area (Å²) in [6.45, 7) is 0. The van der Waals surface area contributed by atoms with E-state index in [4.69, 9.17) is 4.42 Å². The highest BCUT2D eigenvalue weighted by atomic mass is 16.4. The van der Waals surface area contributed by atoms with Gasteiger partial charge in [-0.3, -0.25) is 4.79 Å². The summed E-state index contributed by atoms with van der Waals surface area (Å²) in [4.78, 5) is 20.6. The van der Waals surface area contributed by atoms with Crippen LogP contribution in [0, 0.1) is 0 Å². The van der Waals surface area contributed by atoms with E-state index in [-0.39, 0.29) is 5.78 Å². The van der Waals surface area contributed by atoms with Gasteiger partial charge < -0.3 is 9.40 Å². The van der Waals surface area contributed by atoms with Crippen molar-refractivity contribution in [3.63, 3.8) is 0 Å². The van der Waals surface area contributed by atoms with Crippen LogP contribution in [0.4, 0.5) is 0 Å². The molecule has 5 rings (SSSR count). The highest BCUT2D eigenvalue weighted by molar-refractivity contribution is 6.10. The molecule has 134 valence electrons. The number of aromatic amines is 1. The number of fused-ring (bicyclic) bond motifs is 1. The van der Waals surface area contributed by atoms with Crippen molar-refractivity contribution in [3.8, 4) is 22.8 Å². The van der Waals surface area contributed by atoms with Crippen LogP contribution in [0.1, 0.15) is 15.9 Å². The van der Waals surface area contributed by atoms with Crippen molar-refractivity contribution in [1.29, 1.82) is 0 Å². The smallest absolute Gasteiger partial charge is 0.247 e. The minimum atomic E-state index is -0.0115. The summed E-state index contributed by atoms with van der Waals surface area (Å²) in [5.74, 6) is 1.19. The predicted octanol–water partition coefficient (Wildman–Crippen LogP) is 4.51. The van der Waals surface area contributed by atoms with Crippen molar-refractivity contribution >= 4 is 16.8 Å². The molecule has 2 heterocycles. The lowest BCUT2D eigenvalue weighted by Gasteiger charge is -2.00. The van der Waals surface area contributed by atoms with Crippen molar-refractivity contribution in [2.24, 2.45) is 0 Å². The molecule has 3 aromatic carbocycles. The number of hydrogen-bond donors (Lipinski definition) is 1. The summed E-state index contributed by atoms with van der Waals surface area (Å²) >= 11 is 0. The van der Waals surface area contributed by atoms with Crippen molar-refractivity contribution < 1.29 is 9.21 Å². The molecule has 6 nitrogen and oxygen atoms in total. The first-order valence-corrected chi connectivity index (χ1v) is 8.74. The Labute approximate surface area is 159 Å². The second-order valence-corrected chi connectivity index (χ2v) is 6.33. The zero-order chi connectivity index (χ0) is 18.9. The van der Waals surface area contributed by atoms with Gasteiger partial charge in [0.15, 0.2) is 5.78 Å². The van der Waals surface area contributed by atoms with Gasteiger partial charge in [0.1, 0.15) is 5.82 Å². The van der Waals surface area contributed by atoms with Crippen LogP contribution in [-0.2, 0) is 0 Å². The number of carbonyl (C=O) groups excluding carboxylic acids is 1. The quantitative estimate of drug-likeness (QED) is 0.473. The largest absolute Gasteiger partial charge is 0.423 e. The molecule has 6 heteroatoms. The standard InChI is InChI=1S/C22H14N4O2/c27-20(14-4-2-1-3-5-14)17-10-11-18-19(12-17)25-21(24-18)15-6-8-16(9-7-15)22-26-23-13-28-22/h1-13H,(H,24,25). The molecular weight excluding hydrogens is 352 g/mol. The first-order chi connectivity index (χ1) is 13.8. The monoisotopic (exact) mass is 366 g/mol. The van der Waals surface area contributed by atoms with Gasteiger partial charge in [-0.1, -0.05) is 42.5 Å². The average molecular weight is 366 g/mol. The van der Waals surface area contributed by atoms with Crippen LogP contribution in [-0.4, -0.2) is 25.9 Å². The Morgan fingerprint density at radius 2 is 1.64 bits per heavy atom. The number of aromatic nitrogens is 4. The molecule has 0 saturated heterocycles. The number of benzene rings is 3. The molecule has 28 heavy (non-hydrogen) atoms. The predicted molar refractivity (Wildman–Crippen MR) is 105 cm³/mol. The van der Waals surface area contributed by atoms with Gasteiger partial charge >= 0.3 is 0 Å². The maximum Gasteiger partial charge on any atom is 0.247 e. The molecule has 0 amide bonds. The Kier molecular flexibility index (Phi) is 3.80. The number of imidazole rings is 1. The van der Waals surface area contributed by atoms with E-state index in [0.29, 0.717) is 17.0 Å². The van der Waals surface area contributed by atoms with E-state index in [1.165, 1.54) is 6.39 Å². The summed E-state index contributed by atoms with van der Waals surface area (Å²) in [5.41, 5.74) is 4.68. The van der Waals surface area contributed by atoms with Crippen LogP contribution >= 0.6 is 0 Å². The zero-order valence-electron chi connectivity index (χ0n) is 14.7. The second kappa shape index (κ2) is 6.59. The van der Waals surface area contributed by atoms with Crippen LogP contribution in [0.3, 0.4) is 0 Å². The Balaban J connectivity index is 1.48. The second-order valence-electron chi connectivity index (χ2n) is 6.33. The summed E-state index contributed by atoms with van der Waals surface area (Å²) < 4.78 is 5.21. The summed E-state index contributed by atoms with van der Waals surface area (Å²) in [6.07, 6.45) is 1.30. The Bertz CT molecular complexity index is 1260. The Hall–Kier alpha value is -4.06. The minimum Gasteiger partial charge on any atom is -0.423 e. The molecule has 0 aliphatic carbocycles. The van der Waals surface area contributed by atoms with Gasteiger partial charge in [-0.05, 0) is 30.3 Å². The van der Waals surface area contributed by atoms with E-state index >= 15 is 0 Å². The first-order valence-electron chi connectivity index (χ1n) is 8.74. The van der Waals surface area contributed by atoms with Gasteiger partial charge in [0.05, 0.1) is 11.0 Å². The molecular formula is C22H14N4O2. The number of nitrogens with one attached hydrogen (secondary N) is 1. The molecule has 0 fully saturated rings. The van der Waals surface area contributed by atoms with Crippen LogP contribution in [0.5, 0.6) is 0 Å². The molecule has 5 aromatic rings. The number of carbonyl (C=O) groups is 1. The zero-order valence-corrected chi connectivity index (χ0v) is 14.7. The molecule has 2 aromatic heterocycles. The van der Waals surface area contributed by atoms with Crippen molar-refractivity contribution in [2.45, 2.75) is 0 Å². The molecule has 0 bridgehead atoms. The van der Waals surface area contributed by atoms with E-state index in [0.717, 1.165) is 28.0 Å². The van der Waals surface area contributed by atoms with E-state index in [1.54, 1.807) is 6.07 Å². The lowest BCUT2D eigenvalue weighted by atomic mass is 10.0. The van der Waals surface area contributed by atoms with Gasteiger partial charge in [-0.25, -0.2) is 4.98 Å². The van der Waals surface area contributed by atoms with Crippen molar-refractivity contribution in [1.82, 2.24) is 20.2 Å². The maximum atomic E-state index is 12.7. The fourth-order valence-electron chi connectivity index (χ4n) is 3.11. The van der Waals surface area contributed by atoms with E-state index in [2.05, 4.69) is 20.2 Å². The van der Waals surface area contributed by atoms with Gasteiger partial charge in [0, 0.05) is 22.3 Å². The first kappa shape index (κ1) is 16.1. The summed E-state index contributed by atoms with van der Waals surface area (Å²) in [5, 5.41) is 7.59. The number of H-pyrrole nitrogens is 1. The lowest BCUT2D eigenvalue weighted by Crippen LogP contribution is -2.00. The average Bonchev–Trinajstić information content (AvgIpc) is 3.43. The Morgan fingerprint density at radius 1 is 0.857 bits per heavy atom. The third-order valence-electron chi connectivity index (χ3n) is 4.55. The van der Waals surface area contributed by atoms with Crippen LogP contribution < -0.4 is 0 Å². The molecule has 0 saturated carbocycles. The lowest BCUT2D eigenvalue weighted by molar-refractivity contribution is 0.103. The van der Waals surface area contributed by atoms with Crippen LogP contribution in [0.2, 0.25) is 0 Å². The fraction of sp³-hybridized carbons (Fsp3) is 0. The number of nitrogens with zero attached hydrogens (tertiary/aromatic N) is 3. The van der Waals surface area contributed by atoms with E-state index in [1.807, 2.05) is 66.7 Å². The SMILES string of the molecule is O=C(c1ccccc1)c1ccc2nc(-c3ccc(-c4nnco4)cc3)[nH]c2c1. The van der Waals surface area contributed by atoms with E-state index < -0.39 is 0 Å². The summed E-state index contributed by atoms with van der Waals surface area (Å²) in [6, 6.07) is 22.4. The molecule has 1 N–H and O–H groups in total. The number of hydrogen-bond acceptors (Lipinski definition) is 5. The third-order valence-corrected chi connectivity index (χ3v) is 4.55. The number of rotatable bonds is 4. The number of ketones is 1. The van der Waals surface area contributed by atoms with Crippen LogP contribution in [0.15, 0.2) is 83.6 Å². The van der Waals surface area contributed by atoms with Crippen molar-refractivity contribution in [3.05, 3.63) is 90.3 Å². The molecule has 0 aliphatic rings. The van der Waals surface area contributed by atoms with Gasteiger partial charge in [-0.15, -0.1) is 10.2 Å². The van der Waals surface area contributed by atoms with Gasteiger partial charge in [-0.2, -0.15) is 0 Å². The molecule has 0 unspecified atom stereocenters. The maximum absolute atomic E-state index is 12.7. The minimum absolute atomic E-state index is 0.0115.